The van der Waals surface area contributed by atoms with Gasteiger partial charge in [-0.05, 0) is 11.5 Å². The van der Waals surface area contributed by atoms with Crippen molar-refractivity contribution in [1.82, 2.24) is 24.9 Å². The number of nitrogens with one attached hydrogen (secondary N) is 1. The van der Waals surface area contributed by atoms with Crippen molar-refractivity contribution in [2.45, 2.75) is 33.4 Å². The summed E-state index contributed by atoms with van der Waals surface area (Å²) in [6.07, 6.45) is 4.54. The predicted molar refractivity (Wildman–Crippen MR) is 82.8 cm³/mol. The molecule has 9 nitrogen and oxygen atoms in total. The van der Waals surface area contributed by atoms with E-state index in [2.05, 4.69) is 15.5 Å². The van der Waals surface area contributed by atoms with Crippen LogP contribution in [0.5, 0.6) is 0 Å². The number of carbonyl (C=O) groups is 1. The summed E-state index contributed by atoms with van der Waals surface area (Å²) in [5, 5.41) is 21.8. The van der Waals surface area contributed by atoms with Crippen LogP contribution in [0.15, 0.2) is 24.7 Å². The van der Waals surface area contributed by atoms with Crippen LogP contribution in [-0.2, 0) is 13.6 Å². The van der Waals surface area contributed by atoms with E-state index in [1.54, 1.807) is 23.1 Å². The second kappa shape index (κ2) is 6.19. The van der Waals surface area contributed by atoms with Gasteiger partial charge in [-0.15, -0.1) is 0 Å². The van der Waals surface area contributed by atoms with Gasteiger partial charge in [0.2, 0.25) is 5.69 Å². The summed E-state index contributed by atoms with van der Waals surface area (Å²) < 4.78 is 2.93. The zero-order valence-corrected chi connectivity index (χ0v) is 13.6. The Bertz CT molecular complexity index is 699. The minimum absolute atomic E-state index is 0.0651. The van der Waals surface area contributed by atoms with E-state index in [0.29, 0.717) is 6.54 Å². The van der Waals surface area contributed by atoms with Gasteiger partial charge >= 0.3 is 5.69 Å². The molecule has 1 atom stereocenters. The van der Waals surface area contributed by atoms with Crippen LogP contribution in [-0.4, -0.2) is 36.4 Å². The van der Waals surface area contributed by atoms with E-state index in [0.717, 1.165) is 6.20 Å². The summed E-state index contributed by atoms with van der Waals surface area (Å²) in [4.78, 5) is 23.0. The van der Waals surface area contributed by atoms with Gasteiger partial charge in [0.05, 0.1) is 17.5 Å². The number of nitro groups is 1. The van der Waals surface area contributed by atoms with E-state index in [1.807, 2.05) is 20.8 Å². The monoisotopic (exact) mass is 320 g/mol. The molecule has 0 radical (unpaired) electrons. The van der Waals surface area contributed by atoms with Gasteiger partial charge in [-0.2, -0.15) is 10.2 Å². The van der Waals surface area contributed by atoms with Gasteiger partial charge < -0.3 is 5.32 Å². The maximum Gasteiger partial charge on any atom is 0.320 e. The lowest BCUT2D eigenvalue weighted by Gasteiger charge is -2.31. The van der Waals surface area contributed by atoms with Crippen molar-refractivity contribution in [2.75, 3.05) is 0 Å². The number of nitrogens with zero attached hydrogens (tertiary/aromatic N) is 5. The first-order valence-corrected chi connectivity index (χ1v) is 7.15. The lowest BCUT2D eigenvalue weighted by atomic mass is 9.86. The summed E-state index contributed by atoms with van der Waals surface area (Å²) in [6, 6.07) is 1.54. The molecule has 9 heteroatoms. The van der Waals surface area contributed by atoms with Crippen molar-refractivity contribution in [3.63, 3.8) is 0 Å². The molecule has 0 spiro atoms. The van der Waals surface area contributed by atoms with E-state index in [9.17, 15) is 14.9 Å². The van der Waals surface area contributed by atoms with Gasteiger partial charge in [0.15, 0.2) is 0 Å². The van der Waals surface area contributed by atoms with Gasteiger partial charge in [-0.25, -0.2) is 0 Å². The molecule has 23 heavy (non-hydrogen) atoms. The maximum absolute atomic E-state index is 12.5. The van der Waals surface area contributed by atoms with Gasteiger partial charge in [0.25, 0.3) is 5.91 Å². The maximum atomic E-state index is 12.5. The largest absolute Gasteiger partial charge is 0.345 e. The summed E-state index contributed by atoms with van der Waals surface area (Å²) in [5.74, 6) is -0.524. The Kier molecular flexibility index (Phi) is 4.48. The number of rotatable bonds is 5. The van der Waals surface area contributed by atoms with Crippen LogP contribution in [0.4, 0.5) is 5.69 Å². The Labute approximate surface area is 133 Å². The lowest BCUT2D eigenvalue weighted by molar-refractivity contribution is -0.385. The molecule has 0 aliphatic heterocycles. The van der Waals surface area contributed by atoms with E-state index < -0.39 is 10.8 Å². The Balaban J connectivity index is 2.24. The molecule has 124 valence electrons. The smallest absolute Gasteiger partial charge is 0.320 e. The third kappa shape index (κ3) is 3.74. The van der Waals surface area contributed by atoms with Crippen LogP contribution < -0.4 is 5.32 Å². The van der Waals surface area contributed by atoms with Crippen molar-refractivity contribution in [1.29, 1.82) is 0 Å². The van der Waals surface area contributed by atoms with Gasteiger partial charge in [-0.3, -0.25) is 24.3 Å². The molecule has 2 aromatic heterocycles. The number of amides is 1. The molecular weight excluding hydrogens is 300 g/mol. The molecule has 0 aromatic carbocycles. The molecule has 2 heterocycles. The quantitative estimate of drug-likeness (QED) is 0.661. The van der Waals surface area contributed by atoms with Crippen molar-refractivity contribution in [2.24, 2.45) is 12.5 Å². The van der Waals surface area contributed by atoms with Crippen molar-refractivity contribution in [3.05, 3.63) is 40.5 Å². The fourth-order valence-corrected chi connectivity index (χ4v) is 2.18. The molecular formula is C14H20N6O3. The average Bonchev–Trinajstić information content (AvgIpc) is 3.05. The number of hydrogen-bond acceptors (Lipinski definition) is 5. The third-order valence-corrected chi connectivity index (χ3v) is 3.61. The first kappa shape index (κ1) is 16.7. The van der Waals surface area contributed by atoms with Gasteiger partial charge in [0, 0.05) is 19.4 Å². The Hall–Kier alpha value is -2.71. The molecule has 0 saturated heterocycles. The molecule has 1 unspecified atom stereocenters. The zero-order valence-electron chi connectivity index (χ0n) is 13.6. The molecule has 0 saturated carbocycles. The third-order valence-electron chi connectivity index (χ3n) is 3.61. The van der Waals surface area contributed by atoms with E-state index in [-0.39, 0.29) is 22.8 Å². The Morgan fingerprint density at radius 3 is 2.65 bits per heavy atom. The number of aryl methyl sites for hydroxylation is 1. The van der Waals surface area contributed by atoms with Crippen LogP contribution in [0.1, 0.15) is 31.3 Å². The summed E-state index contributed by atoms with van der Waals surface area (Å²) in [7, 11) is 1.50. The summed E-state index contributed by atoms with van der Waals surface area (Å²) >= 11 is 0. The molecule has 1 N–H and O–H groups in total. The normalized spacial score (nSPS) is 12.9. The van der Waals surface area contributed by atoms with Crippen LogP contribution in [0, 0.1) is 15.5 Å². The van der Waals surface area contributed by atoms with Crippen LogP contribution in [0.25, 0.3) is 0 Å². The number of carbonyl (C=O) groups excluding carboxylic acids is 1. The van der Waals surface area contributed by atoms with E-state index in [4.69, 9.17) is 0 Å². The first-order chi connectivity index (χ1) is 10.7. The van der Waals surface area contributed by atoms with E-state index >= 15 is 0 Å². The Morgan fingerprint density at radius 1 is 1.43 bits per heavy atom. The minimum atomic E-state index is -0.610. The van der Waals surface area contributed by atoms with Crippen LogP contribution in [0.3, 0.4) is 0 Å². The highest BCUT2D eigenvalue weighted by Gasteiger charge is 2.31. The SMILES string of the molecule is Cn1ncc([N+](=O)[O-])c1C(=O)NC(Cn1cccn1)C(C)(C)C. The Morgan fingerprint density at radius 2 is 2.13 bits per heavy atom. The van der Waals surface area contributed by atoms with Crippen molar-refractivity contribution in [3.8, 4) is 0 Å². The highest BCUT2D eigenvalue weighted by atomic mass is 16.6. The van der Waals surface area contributed by atoms with E-state index in [1.165, 1.54) is 11.7 Å². The molecule has 0 fully saturated rings. The molecule has 0 aliphatic rings. The summed E-state index contributed by atoms with van der Waals surface area (Å²) in [5.41, 5.74) is -0.629. The first-order valence-electron chi connectivity index (χ1n) is 7.15. The van der Waals surface area contributed by atoms with Crippen molar-refractivity contribution >= 4 is 11.6 Å². The van der Waals surface area contributed by atoms with Gasteiger partial charge in [-0.1, -0.05) is 20.8 Å². The number of aromatic nitrogens is 4. The average molecular weight is 320 g/mol. The van der Waals surface area contributed by atoms with Crippen LogP contribution >= 0.6 is 0 Å². The molecule has 1 amide bonds. The fraction of sp³-hybridized carbons (Fsp3) is 0.500. The molecule has 2 aromatic rings. The molecule has 2 rings (SSSR count). The highest BCUT2D eigenvalue weighted by Crippen LogP contribution is 2.23. The zero-order chi connectivity index (χ0) is 17.2. The van der Waals surface area contributed by atoms with Crippen molar-refractivity contribution < 1.29 is 9.72 Å². The number of hydrogen-bond donors (Lipinski definition) is 1. The topological polar surface area (TPSA) is 108 Å². The second-order valence-electron chi connectivity index (χ2n) is 6.38. The van der Waals surface area contributed by atoms with Gasteiger partial charge in [0.1, 0.15) is 6.20 Å². The second-order valence-corrected chi connectivity index (χ2v) is 6.38. The minimum Gasteiger partial charge on any atom is -0.345 e. The predicted octanol–water partition coefficient (Wildman–Crippen LogP) is 1.37. The lowest BCUT2D eigenvalue weighted by Crippen LogP contribution is -2.47. The molecule has 0 aliphatic carbocycles. The molecule has 0 bridgehead atoms. The van der Waals surface area contributed by atoms with Crippen LogP contribution in [0.2, 0.25) is 0 Å². The fourth-order valence-electron chi connectivity index (χ4n) is 2.18. The standard InChI is InChI=1S/C14H20N6O3/c1-14(2,3)11(9-19-7-5-6-15-19)17-13(21)12-10(20(22)23)8-16-18(12)4/h5-8,11H,9H2,1-4H3,(H,17,21). The summed E-state index contributed by atoms with van der Waals surface area (Å²) in [6.45, 7) is 6.42. The highest BCUT2D eigenvalue weighted by molar-refractivity contribution is 5.96.